The van der Waals surface area contributed by atoms with Crippen LogP contribution < -0.4 is 15.4 Å². The van der Waals surface area contributed by atoms with Gasteiger partial charge in [0, 0.05) is 25.3 Å². The van der Waals surface area contributed by atoms with Gasteiger partial charge in [0.05, 0.1) is 6.10 Å². The number of carbonyl (C=O) groups is 1. The van der Waals surface area contributed by atoms with Gasteiger partial charge in [0.1, 0.15) is 11.9 Å². The minimum absolute atomic E-state index is 0.151. The number of anilines is 1. The quantitative estimate of drug-likeness (QED) is 0.923. The summed E-state index contributed by atoms with van der Waals surface area (Å²) in [7, 11) is 1.48. The zero-order valence-corrected chi connectivity index (χ0v) is 12.0. The van der Waals surface area contributed by atoms with Crippen molar-refractivity contribution in [2.45, 2.75) is 31.4 Å². The molecule has 0 bridgehead atoms. The molecule has 2 atom stereocenters. The lowest BCUT2D eigenvalue weighted by Crippen LogP contribution is -2.37. The molecule has 0 spiro atoms. The second kappa shape index (κ2) is 6.53. The van der Waals surface area contributed by atoms with E-state index < -0.39 is 12.5 Å². The van der Waals surface area contributed by atoms with Crippen molar-refractivity contribution in [3.05, 3.63) is 24.3 Å². The van der Waals surface area contributed by atoms with E-state index in [1.807, 2.05) is 0 Å². The lowest BCUT2D eigenvalue weighted by Gasteiger charge is -2.22. The minimum atomic E-state index is -4.77. The second-order valence-corrected chi connectivity index (χ2v) is 5.00. The Morgan fingerprint density at radius 2 is 2.18 bits per heavy atom. The molecule has 1 aliphatic heterocycles. The number of rotatable bonds is 4. The standard InChI is InChI=1S/C14H17F3N2O3/c1-19(13(20)12-6-5-11(8-18)21-12)9-3-2-4-10(7-9)22-14(15,16)17/h2-4,7,11-12H,5-6,8,18H2,1H3/t11-,12+/m1/s1. The van der Waals surface area contributed by atoms with E-state index in [9.17, 15) is 18.0 Å². The number of ether oxygens (including phenoxy) is 2. The number of hydrogen-bond donors (Lipinski definition) is 1. The molecule has 1 heterocycles. The molecule has 5 nitrogen and oxygen atoms in total. The molecular formula is C14H17F3N2O3. The highest BCUT2D eigenvalue weighted by Gasteiger charge is 2.33. The molecule has 1 fully saturated rings. The summed E-state index contributed by atoms with van der Waals surface area (Å²) >= 11 is 0. The van der Waals surface area contributed by atoms with Crippen LogP contribution in [-0.2, 0) is 9.53 Å². The Bertz CT molecular complexity index is 536. The second-order valence-electron chi connectivity index (χ2n) is 5.00. The van der Waals surface area contributed by atoms with E-state index >= 15 is 0 Å². The number of nitrogens with zero attached hydrogens (tertiary/aromatic N) is 1. The zero-order valence-electron chi connectivity index (χ0n) is 12.0. The number of halogens is 3. The van der Waals surface area contributed by atoms with E-state index in [2.05, 4.69) is 4.74 Å². The van der Waals surface area contributed by atoms with Crippen molar-refractivity contribution >= 4 is 11.6 Å². The third-order valence-electron chi connectivity index (χ3n) is 3.41. The highest BCUT2D eigenvalue weighted by molar-refractivity contribution is 5.96. The van der Waals surface area contributed by atoms with Crippen molar-refractivity contribution in [1.29, 1.82) is 0 Å². The third-order valence-corrected chi connectivity index (χ3v) is 3.41. The van der Waals surface area contributed by atoms with Crippen molar-refractivity contribution in [1.82, 2.24) is 0 Å². The van der Waals surface area contributed by atoms with Gasteiger partial charge in [-0.05, 0) is 25.0 Å². The molecule has 1 amide bonds. The molecule has 1 aliphatic rings. The number of amides is 1. The molecule has 1 aromatic carbocycles. The van der Waals surface area contributed by atoms with Gasteiger partial charge < -0.3 is 20.1 Å². The Labute approximate surface area is 125 Å². The fraction of sp³-hybridized carbons (Fsp3) is 0.500. The summed E-state index contributed by atoms with van der Waals surface area (Å²) in [4.78, 5) is 13.6. The monoisotopic (exact) mass is 318 g/mol. The third kappa shape index (κ3) is 4.11. The Morgan fingerprint density at radius 3 is 2.77 bits per heavy atom. The van der Waals surface area contributed by atoms with Crippen LogP contribution in [0.25, 0.3) is 0 Å². The molecule has 0 unspecified atom stereocenters. The highest BCUT2D eigenvalue weighted by Crippen LogP contribution is 2.28. The topological polar surface area (TPSA) is 64.8 Å². The fourth-order valence-corrected chi connectivity index (χ4v) is 2.29. The molecule has 0 saturated carbocycles. The molecule has 8 heteroatoms. The Kier molecular flexibility index (Phi) is 4.92. The van der Waals surface area contributed by atoms with Crippen molar-refractivity contribution in [2.24, 2.45) is 5.73 Å². The van der Waals surface area contributed by atoms with Crippen molar-refractivity contribution < 1.29 is 27.4 Å². The van der Waals surface area contributed by atoms with E-state index in [1.165, 1.54) is 30.1 Å². The first-order chi connectivity index (χ1) is 10.3. The highest BCUT2D eigenvalue weighted by atomic mass is 19.4. The van der Waals surface area contributed by atoms with Gasteiger partial charge >= 0.3 is 6.36 Å². The number of hydrogen-bond acceptors (Lipinski definition) is 4. The van der Waals surface area contributed by atoms with Crippen LogP contribution >= 0.6 is 0 Å². The average Bonchev–Trinajstić information content (AvgIpc) is 2.93. The predicted octanol–water partition coefficient (Wildman–Crippen LogP) is 2.05. The average molecular weight is 318 g/mol. The molecular weight excluding hydrogens is 301 g/mol. The summed E-state index contributed by atoms with van der Waals surface area (Å²) in [5.74, 6) is -0.697. The van der Waals surface area contributed by atoms with Gasteiger partial charge in [-0.1, -0.05) is 6.07 Å². The van der Waals surface area contributed by atoms with Crippen LogP contribution in [-0.4, -0.2) is 38.1 Å². The molecule has 2 rings (SSSR count). The summed E-state index contributed by atoms with van der Waals surface area (Å²) in [6, 6.07) is 5.24. The van der Waals surface area contributed by atoms with Gasteiger partial charge in [-0.25, -0.2) is 0 Å². The van der Waals surface area contributed by atoms with Crippen molar-refractivity contribution in [3.63, 3.8) is 0 Å². The zero-order chi connectivity index (χ0) is 16.3. The summed E-state index contributed by atoms with van der Waals surface area (Å²) < 4.78 is 46.0. The van der Waals surface area contributed by atoms with Crippen LogP contribution in [0.4, 0.5) is 18.9 Å². The summed E-state index contributed by atoms with van der Waals surface area (Å²) in [5, 5.41) is 0. The Hall–Kier alpha value is -1.80. The molecule has 1 aromatic rings. The van der Waals surface area contributed by atoms with E-state index in [0.29, 0.717) is 25.1 Å². The SMILES string of the molecule is CN(C(=O)[C@@H]1CC[C@H](CN)O1)c1cccc(OC(F)(F)F)c1. The Balaban J connectivity index is 2.07. The van der Waals surface area contributed by atoms with Gasteiger partial charge in [0.15, 0.2) is 0 Å². The van der Waals surface area contributed by atoms with Gasteiger partial charge in [-0.15, -0.1) is 13.2 Å². The minimum Gasteiger partial charge on any atom is -0.406 e. The van der Waals surface area contributed by atoms with E-state index in [4.69, 9.17) is 10.5 Å². The molecule has 1 saturated heterocycles. The number of benzene rings is 1. The lowest BCUT2D eigenvalue weighted by molar-refractivity contribution is -0.274. The molecule has 22 heavy (non-hydrogen) atoms. The number of nitrogens with two attached hydrogens (primary N) is 1. The largest absolute Gasteiger partial charge is 0.573 e. The fourth-order valence-electron chi connectivity index (χ4n) is 2.29. The van der Waals surface area contributed by atoms with Crippen LogP contribution in [0.15, 0.2) is 24.3 Å². The first-order valence-corrected chi connectivity index (χ1v) is 6.79. The summed E-state index contributed by atoms with van der Waals surface area (Å²) in [6.07, 6.45) is -4.31. The van der Waals surface area contributed by atoms with Crippen LogP contribution in [0.1, 0.15) is 12.8 Å². The maximum atomic E-state index is 12.3. The lowest BCUT2D eigenvalue weighted by atomic mass is 10.1. The van der Waals surface area contributed by atoms with Gasteiger partial charge in [0.25, 0.3) is 5.91 Å². The smallest absolute Gasteiger partial charge is 0.406 e. The maximum Gasteiger partial charge on any atom is 0.573 e. The van der Waals surface area contributed by atoms with Crippen LogP contribution in [0.5, 0.6) is 5.75 Å². The predicted molar refractivity (Wildman–Crippen MR) is 73.5 cm³/mol. The Morgan fingerprint density at radius 1 is 1.45 bits per heavy atom. The molecule has 0 aromatic heterocycles. The van der Waals surface area contributed by atoms with E-state index in [0.717, 1.165) is 6.07 Å². The number of carbonyl (C=O) groups excluding carboxylic acids is 1. The van der Waals surface area contributed by atoms with Crippen molar-refractivity contribution in [3.8, 4) is 5.75 Å². The number of alkyl halides is 3. The molecule has 0 radical (unpaired) electrons. The molecule has 2 N–H and O–H groups in total. The summed E-state index contributed by atoms with van der Waals surface area (Å²) in [5.41, 5.74) is 5.79. The number of likely N-dealkylation sites (N-methyl/N-ethyl adjacent to an activating group) is 1. The van der Waals surface area contributed by atoms with Gasteiger partial charge in [-0.2, -0.15) is 0 Å². The first-order valence-electron chi connectivity index (χ1n) is 6.79. The normalized spacial score (nSPS) is 21.7. The van der Waals surface area contributed by atoms with Gasteiger partial charge in [0.2, 0.25) is 0 Å². The van der Waals surface area contributed by atoms with Crippen molar-refractivity contribution in [2.75, 3.05) is 18.5 Å². The first kappa shape index (κ1) is 16.6. The van der Waals surface area contributed by atoms with Crippen LogP contribution in [0.3, 0.4) is 0 Å². The maximum absolute atomic E-state index is 12.3. The van der Waals surface area contributed by atoms with Crippen LogP contribution in [0, 0.1) is 0 Å². The summed E-state index contributed by atoms with van der Waals surface area (Å²) in [6.45, 7) is 0.336. The van der Waals surface area contributed by atoms with E-state index in [1.54, 1.807) is 0 Å². The molecule has 0 aliphatic carbocycles. The van der Waals surface area contributed by atoms with Crippen LogP contribution in [0.2, 0.25) is 0 Å². The van der Waals surface area contributed by atoms with E-state index in [-0.39, 0.29) is 17.8 Å². The molecule has 122 valence electrons. The van der Waals surface area contributed by atoms with Gasteiger partial charge in [-0.3, -0.25) is 4.79 Å².